The van der Waals surface area contributed by atoms with Crippen molar-refractivity contribution in [2.45, 2.75) is 112 Å². The molecule has 6 rings (SSSR count). The van der Waals surface area contributed by atoms with Crippen LogP contribution in [0.15, 0.2) is 97.1 Å². The van der Waals surface area contributed by atoms with Gasteiger partial charge in [-0.3, -0.25) is 9.59 Å². The second-order valence-electron chi connectivity index (χ2n) is 16.1. The van der Waals surface area contributed by atoms with Gasteiger partial charge in [-0.25, -0.2) is 9.59 Å². The van der Waals surface area contributed by atoms with Crippen LogP contribution in [0.25, 0.3) is 0 Å². The first kappa shape index (κ1) is 48.0. The molecule has 2 aliphatic rings. The highest BCUT2D eigenvalue weighted by Gasteiger charge is 2.37. The van der Waals surface area contributed by atoms with Gasteiger partial charge in [0.1, 0.15) is 29.6 Å². The molecule has 13 heteroatoms. The smallest absolute Gasteiger partial charge is 0.408 e. The van der Waals surface area contributed by atoms with Gasteiger partial charge in [0.25, 0.3) is 0 Å². The standard InChI is InChI=1S/C23H29N3O3.C21H25N3O3.C2H4O.CH4/c1-5-24-18-13-9-12-17-14-19(25-22(28)29-23(2,3)4)21(27)26(20(17)18)15-16-10-7-6-8-11-16;1-21(2,3)27-20(26)23-17-12-15-10-7-11-16(22)18(15)24(19(17)25)13-14-8-5-4-6-9-14;1-2-3;/h6-13,19,24H,5,14-15H2,1-4H3,(H,25,28);4-11,17H,12-13,22H2,1-3H3,(H,23,26);2H,1H3;1H4. The Labute approximate surface area is 355 Å². The average molecular weight is 823 g/mol. The number of nitrogens with zero attached hydrogens (tertiary/aromatic N) is 2. The van der Waals surface area contributed by atoms with Crippen molar-refractivity contribution in [1.29, 1.82) is 0 Å². The van der Waals surface area contributed by atoms with E-state index < -0.39 is 35.5 Å². The number of carbonyl (C=O) groups excluding carboxylic acids is 5. The van der Waals surface area contributed by atoms with Crippen molar-refractivity contribution in [2.24, 2.45) is 0 Å². The maximum Gasteiger partial charge on any atom is 0.408 e. The van der Waals surface area contributed by atoms with Crippen molar-refractivity contribution in [3.8, 4) is 0 Å². The second kappa shape index (κ2) is 21.6. The van der Waals surface area contributed by atoms with Gasteiger partial charge in [-0.1, -0.05) is 92.4 Å². The van der Waals surface area contributed by atoms with Gasteiger partial charge in [-0.15, -0.1) is 0 Å². The number of hydrogen-bond acceptors (Lipinski definition) is 9. The number of alkyl carbamates (subject to hydrolysis) is 2. The van der Waals surface area contributed by atoms with Gasteiger partial charge in [-0.05, 0) is 89.8 Å². The number of nitrogen functional groups attached to an aromatic ring is 1. The van der Waals surface area contributed by atoms with Crippen molar-refractivity contribution in [3.63, 3.8) is 0 Å². The van der Waals surface area contributed by atoms with Gasteiger partial charge < -0.3 is 45.8 Å². The third kappa shape index (κ3) is 13.6. The van der Waals surface area contributed by atoms with Crippen molar-refractivity contribution in [2.75, 3.05) is 27.4 Å². The number of benzene rings is 4. The minimum Gasteiger partial charge on any atom is -0.444 e. The summed E-state index contributed by atoms with van der Waals surface area (Å²) in [6.07, 6.45) is 0.372. The first-order valence-corrected chi connectivity index (χ1v) is 19.8. The number of carbonyl (C=O) groups is 5. The summed E-state index contributed by atoms with van der Waals surface area (Å²) in [6, 6.07) is 29.7. The average Bonchev–Trinajstić information content (AvgIpc) is 3.15. The van der Waals surface area contributed by atoms with E-state index in [4.69, 9.17) is 20.0 Å². The molecule has 0 radical (unpaired) electrons. The van der Waals surface area contributed by atoms with Crippen LogP contribution in [0.1, 0.15) is 85.1 Å². The lowest BCUT2D eigenvalue weighted by atomic mass is 9.95. The Morgan fingerprint density at radius 3 is 1.50 bits per heavy atom. The molecule has 0 aliphatic carbocycles. The predicted molar refractivity (Wildman–Crippen MR) is 239 cm³/mol. The molecule has 0 saturated carbocycles. The fourth-order valence-electron chi connectivity index (χ4n) is 6.70. The van der Waals surface area contributed by atoms with Crippen LogP contribution in [-0.2, 0) is 49.8 Å². The van der Waals surface area contributed by atoms with E-state index >= 15 is 0 Å². The summed E-state index contributed by atoms with van der Waals surface area (Å²) in [5, 5.41) is 8.82. The predicted octanol–water partition coefficient (Wildman–Crippen LogP) is 8.19. The molecule has 2 aliphatic heterocycles. The summed E-state index contributed by atoms with van der Waals surface area (Å²) < 4.78 is 10.7. The Kier molecular flexibility index (Phi) is 17.3. The first-order chi connectivity index (χ1) is 27.9. The highest BCUT2D eigenvalue weighted by Crippen LogP contribution is 2.37. The van der Waals surface area contributed by atoms with Crippen molar-refractivity contribution in [1.82, 2.24) is 10.6 Å². The topological polar surface area (TPSA) is 172 Å². The SMILES string of the molecule is C.CC(C)(C)OC(=O)NC1Cc2cccc(N)c2N(Cc2ccccc2)C1=O.CC=O.CCNc1cccc2c1N(Cc1ccccc1)C(=O)C(NC(=O)OC(C)(C)C)C2. The molecule has 2 unspecified atom stereocenters. The largest absolute Gasteiger partial charge is 0.444 e. The van der Waals surface area contributed by atoms with Gasteiger partial charge in [0.15, 0.2) is 0 Å². The maximum atomic E-state index is 13.4. The molecular formula is C47H62N6O7. The molecule has 0 bridgehead atoms. The Morgan fingerprint density at radius 2 is 1.08 bits per heavy atom. The molecule has 322 valence electrons. The second-order valence-corrected chi connectivity index (χ2v) is 16.1. The number of hydrogen-bond donors (Lipinski definition) is 4. The van der Waals surface area contributed by atoms with Crippen LogP contribution < -0.4 is 31.5 Å². The van der Waals surface area contributed by atoms with Gasteiger partial charge >= 0.3 is 12.2 Å². The number of anilines is 4. The van der Waals surface area contributed by atoms with E-state index in [0.717, 1.165) is 46.5 Å². The molecule has 4 aromatic rings. The maximum absolute atomic E-state index is 13.4. The lowest BCUT2D eigenvalue weighted by Crippen LogP contribution is -2.53. The Morgan fingerprint density at radius 1 is 0.683 bits per heavy atom. The van der Waals surface area contributed by atoms with E-state index in [0.29, 0.717) is 37.3 Å². The number of aldehydes is 1. The van der Waals surface area contributed by atoms with Crippen LogP contribution in [0.4, 0.5) is 32.3 Å². The number of fused-ring (bicyclic) bond motifs is 2. The van der Waals surface area contributed by atoms with E-state index in [-0.39, 0.29) is 19.2 Å². The zero-order valence-corrected chi connectivity index (χ0v) is 35.3. The highest BCUT2D eigenvalue weighted by atomic mass is 16.6. The van der Waals surface area contributed by atoms with Gasteiger partial charge in [0.05, 0.1) is 35.8 Å². The molecule has 0 saturated heterocycles. The van der Waals surface area contributed by atoms with Crippen LogP contribution in [0, 0.1) is 0 Å². The molecule has 13 nitrogen and oxygen atoms in total. The molecule has 2 heterocycles. The Balaban J connectivity index is 0.000000297. The molecule has 4 amide bonds. The van der Waals surface area contributed by atoms with Gasteiger partial charge in [0.2, 0.25) is 11.8 Å². The lowest BCUT2D eigenvalue weighted by molar-refractivity contribution is -0.121. The van der Waals surface area contributed by atoms with E-state index in [1.54, 1.807) is 57.4 Å². The highest BCUT2D eigenvalue weighted by molar-refractivity contribution is 6.05. The van der Waals surface area contributed by atoms with Crippen LogP contribution in [0.2, 0.25) is 0 Å². The zero-order valence-electron chi connectivity index (χ0n) is 35.3. The van der Waals surface area contributed by atoms with E-state index in [1.807, 2.05) is 97.9 Å². The van der Waals surface area contributed by atoms with Crippen LogP contribution in [0.3, 0.4) is 0 Å². The molecule has 0 fully saturated rings. The molecule has 60 heavy (non-hydrogen) atoms. The Hall–Kier alpha value is -6.37. The summed E-state index contributed by atoms with van der Waals surface area (Å²) in [4.78, 5) is 63.2. The number of nitrogens with two attached hydrogens (primary N) is 1. The molecule has 0 aromatic heterocycles. The van der Waals surface area contributed by atoms with Crippen molar-refractivity contribution < 1.29 is 33.4 Å². The van der Waals surface area contributed by atoms with Crippen LogP contribution >= 0.6 is 0 Å². The normalized spacial score (nSPS) is 15.5. The molecule has 0 spiro atoms. The van der Waals surface area contributed by atoms with Gasteiger partial charge in [-0.2, -0.15) is 0 Å². The number of ether oxygens (including phenoxy) is 2. The first-order valence-electron chi connectivity index (χ1n) is 19.8. The quantitative estimate of drug-likeness (QED) is 0.101. The molecular weight excluding hydrogens is 761 g/mol. The van der Waals surface area contributed by atoms with Crippen LogP contribution in [0.5, 0.6) is 0 Å². The summed E-state index contributed by atoms with van der Waals surface area (Å²) >= 11 is 0. The minimum absolute atomic E-state index is 0. The number of amides is 4. The third-order valence-electron chi connectivity index (χ3n) is 8.90. The lowest BCUT2D eigenvalue weighted by Gasteiger charge is -2.36. The molecule has 5 N–H and O–H groups in total. The van der Waals surface area contributed by atoms with Crippen molar-refractivity contribution in [3.05, 3.63) is 119 Å². The number of rotatable bonds is 8. The van der Waals surface area contributed by atoms with E-state index in [9.17, 15) is 19.2 Å². The molecule has 2 atom stereocenters. The number of nitrogens with one attached hydrogen (secondary N) is 3. The van der Waals surface area contributed by atoms with Gasteiger partial charge in [0, 0.05) is 19.4 Å². The summed E-state index contributed by atoms with van der Waals surface area (Å²) in [5.74, 6) is -0.340. The number of para-hydroxylation sites is 2. The summed E-state index contributed by atoms with van der Waals surface area (Å²) in [6.45, 7) is 15.8. The van der Waals surface area contributed by atoms with Crippen molar-refractivity contribution >= 4 is 53.0 Å². The minimum atomic E-state index is -0.696. The fourth-order valence-corrected chi connectivity index (χ4v) is 6.70. The third-order valence-corrected chi connectivity index (χ3v) is 8.90. The zero-order chi connectivity index (χ0) is 43.3. The summed E-state index contributed by atoms with van der Waals surface area (Å²) in [7, 11) is 0. The van der Waals surface area contributed by atoms with Crippen LogP contribution in [-0.4, -0.2) is 60.1 Å². The van der Waals surface area contributed by atoms with E-state index in [1.165, 1.54) is 6.92 Å². The fraction of sp³-hybridized carbons (Fsp3) is 0.383. The van der Waals surface area contributed by atoms with E-state index in [2.05, 4.69) is 16.0 Å². The summed E-state index contributed by atoms with van der Waals surface area (Å²) in [5.41, 5.74) is 11.9. The monoisotopic (exact) mass is 822 g/mol. The molecule has 4 aromatic carbocycles. The Bertz CT molecular complexity index is 2060.